The number of hydrogen-bond donors (Lipinski definition) is 2. The summed E-state index contributed by atoms with van der Waals surface area (Å²) in [4.78, 5) is 0.871. The van der Waals surface area contributed by atoms with Crippen LogP contribution in [0.2, 0.25) is 0 Å². The van der Waals surface area contributed by atoms with Gasteiger partial charge >= 0.3 is 0 Å². The van der Waals surface area contributed by atoms with Gasteiger partial charge in [-0.05, 0) is 17.5 Å². The van der Waals surface area contributed by atoms with Crippen LogP contribution in [0, 0.1) is 0 Å². The van der Waals surface area contributed by atoms with Crippen LogP contribution in [-0.2, 0) is 0 Å². The van der Waals surface area contributed by atoms with Crippen molar-refractivity contribution in [3.63, 3.8) is 0 Å². The molecule has 0 aromatic heterocycles. The molecule has 0 spiro atoms. The second kappa shape index (κ2) is 3.18. The molecule has 0 unspecified atom stereocenters. The highest BCUT2D eigenvalue weighted by atomic mass is 32.1. The molecule has 0 bridgehead atoms. The van der Waals surface area contributed by atoms with E-state index >= 15 is 0 Å². The van der Waals surface area contributed by atoms with Gasteiger partial charge in [-0.1, -0.05) is 26.0 Å². The highest BCUT2D eigenvalue weighted by molar-refractivity contribution is 7.80. The number of nitrogen functional groups attached to an aromatic ring is 1. The largest absolute Gasteiger partial charge is 0.398 e. The number of rotatable bonds is 1. The number of hydrogen-bond acceptors (Lipinski definition) is 2. The SMILES string of the molecule is CC(C)c1cccc(S)c1N. The Kier molecular flexibility index (Phi) is 2.45. The van der Waals surface area contributed by atoms with Crippen molar-refractivity contribution in [2.24, 2.45) is 0 Å². The van der Waals surface area contributed by atoms with E-state index in [4.69, 9.17) is 5.73 Å². The van der Waals surface area contributed by atoms with Gasteiger partial charge in [0, 0.05) is 10.6 Å². The zero-order valence-electron chi connectivity index (χ0n) is 6.83. The van der Waals surface area contributed by atoms with Crippen molar-refractivity contribution in [1.82, 2.24) is 0 Å². The molecule has 0 aliphatic rings. The highest BCUT2D eigenvalue weighted by Gasteiger charge is 2.04. The molecular formula is C9H13NS. The maximum absolute atomic E-state index is 5.81. The Morgan fingerprint density at radius 2 is 2.00 bits per heavy atom. The third-order valence-corrected chi connectivity index (χ3v) is 2.13. The molecule has 1 aromatic carbocycles. The molecule has 11 heavy (non-hydrogen) atoms. The number of anilines is 1. The smallest absolute Gasteiger partial charge is 0.0484 e. The molecule has 0 aliphatic heterocycles. The molecule has 60 valence electrons. The molecule has 0 amide bonds. The molecule has 0 heterocycles. The van der Waals surface area contributed by atoms with Crippen LogP contribution < -0.4 is 5.73 Å². The first kappa shape index (κ1) is 8.47. The first-order valence-electron chi connectivity index (χ1n) is 3.70. The first-order valence-corrected chi connectivity index (χ1v) is 4.15. The molecule has 0 atom stereocenters. The molecule has 2 heteroatoms. The monoisotopic (exact) mass is 167 g/mol. The van der Waals surface area contributed by atoms with Crippen LogP contribution in [0.15, 0.2) is 23.1 Å². The average molecular weight is 167 g/mol. The van der Waals surface area contributed by atoms with Gasteiger partial charge in [-0.15, -0.1) is 12.6 Å². The fourth-order valence-electron chi connectivity index (χ4n) is 1.07. The van der Waals surface area contributed by atoms with E-state index in [9.17, 15) is 0 Å². The number of thiol groups is 1. The van der Waals surface area contributed by atoms with Crippen LogP contribution in [0.5, 0.6) is 0 Å². The third kappa shape index (κ3) is 1.69. The minimum absolute atomic E-state index is 0.474. The van der Waals surface area contributed by atoms with Crippen LogP contribution in [0.3, 0.4) is 0 Å². The lowest BCUT2D eigenvalue weighted by Gasteiger charge is -2.09. The van der Waals surface area contributed by atoms with Gasteiger partial charge in [-0.3, -0.25) is 0 Å². The second-order valence-corrected chi connectivity index (χ2v) is 3.42. The van der Waals surface area contributed by atoms with Crippen LogP contribution in [-0.4, -0.2) is 0 Å². The van der Waals surface area contributed by atoms with E-state index in [0.29, 0.717) is 5.92 Å². The Morgan fingerprint density at radius 1 is 1.36 bits per heavy atom. The van der Waals surface area contributed by atoms with Gasteiger partial charge in [0.25, 0.3) is 0 Å². The number of para-hydroxylation sites is 1. The summed E-state index contributed by atoms with van der Waals surface area (Å²) in [5.74, 6) is 0.474. The van der Waals surface area contributed by atoms with E-state index in [-0.39, 0.29) is 0 Å². The second-order valence-electron chi connectivity index (χ2n) is 2.93. The highest BCUT2D eigenvalue weighted by Crippen LogP contribution is 2.26. The first-order chi connectivity index (χ1) is 5.13. The zero-order valence-corrected chi connectivity index (χ0v) is 7.73. The van der Waals surface area contributed by atoms with Gasteiger partial charge in [0.1, 0.15) is 0 Å². The summed E-state index contributed by atoms with van der Waals surface area (Å²) in [6, 6.07) is 5.93. The van der Waals surface area contributed by atoms with Gasteiger partial charge < -0.3 is 5.73 Å². The van der Waals surface area contributed by atoms with Gasteiger partial charge in [0.05, 0.1) is 0 Å². The summed E-state index contributed by atoms with van der Waals surface area (Å²) >= 11 is 4.24. The number of benzene rings is 1. The van der Waals surface area contributed by atoms with Crippen LogP contribution in [0.1, 0.15) is 25.3 Å². The summed E-state index contributed by atoms with van der Waals surface area (Å²) in [5.41, 5.74) is 7.80. The maximum atomic E-state index is 5.81. The van der Waals surface area contributed by atoms with Crippen molar-refractivity contribution in [2.75, 3.05) is 5.73 Å². The molecule has 0 aliphatic carbocycles. The van der Waals surface area contributed by atoms with Crippen molar-refractivity contribution >= 4 is 18.3 Å². The topological polar surface area (TPSA) is 26.0 Å². The van der Waals surface area contributed by atoms with E-state index in [1.807, 2.05) is 18.2 Å². The van der Waals surface area contributed by atoms with Gasteiger partial charge in [-0.25, -0.2) is 0 Å². The molecule has 2 N–H and O–H groups in total. The van der Waals surface area contributed by atoms with Crippen molar-refractivity contribution in [3.8, 4) is 0 Å². The zero-order chi connectivity index (χ0) is 8.43. The maximum Gasteiger partial charge on any atom is 0.0484 e. The van der Waals surface area contributed by atoms with Crippen LogP contribution in [0.25, 0.3) is 0 Å². The lowest BCUT2D eigenvalue weighted by molar-refractivity contribution is 0.866. The van der Waals surface area contributed by atoms with E-state index in [2.05, 4.69) is 26.5 Å². The molecule has 1 rings (SSSR count). The summed E-state index contributed by atoms with van der Waals surface area (Å²) in [5, 5.41) is 0. The Bertz CT molecular complexity index is 256. The fraction of sp³-hybridized carbons (Fsp3) is 0.333. The predicted octanol–water partition coefficient (Wildman–Crippen LogP) is 2.68. The Morgan fingerprint density at radius 3 is 2.45 bits per heavy atom. The Balaban J connectivity index is 3.17. The molecular weight excluding hydrogens is 154 g/mol. The fourth-order valence-corrected chi connectivity index (χ4v) is 1.29. The summed E-state index contributed by atoms with van der Waals surface area (Å²) in [6.45, 7) is 4.25. The van der Waals surface area contributed by atoms with Crippen LogP contribution >= 0.6 is 12.6 Å². The Labute approximate surface area is 73.0 Å². The number of nitrogens with two attached hydrogens (primary N) is 1. The molecule has 0 saturated heterocycles. The molecule has 0 saturated carbocycles. The van der Waals surface area contributed by atoms with Crippen molar-refractivity contribution in [1.29, 1.82) is 0 Å². The van der Waals surface area contributed by atoms with Crippen LogP contribution in [0.4, 0.5) is 5.69 Å². The minimum Gasteiger partial charge on any atom is -0.398 e. The molecule has 0 fully saturated rings. The molecule has 1 aromatic rings. The van der Waals surface area contributed by atoms with Crippen molar-refractivity contribution in [3.05, 3.63) is 23.8 Å². The lowest BCUT2D eigenvalue weighted by Crippen LogP contribution is -1.96. The van der Waals surface area contributed by atoms with E-state index < -0.39 is 0 Å². The summed E-state index contributed by atoms with van der Waals surface area (Å²) in [7, 11) is 0. The quantitative estimate of drug-likeness (QED) is 0.488. The lowest BCUT2D eigenvalue weighted by atomic mass is 10.0. The van der Waals surface area contributed by atoms with E-state index in [1.165, 1.54) is 5.56 Å². The standard InChI is InChI=1S/C9H13NS/c1-6(2)7-4-3-5-8(11)9(7)10/h3-6,11H,10H2,1-2H3. The minimum atomic E-state index is 0.474. The van der Waals surface area contributed by atoms with Gasteiger partial charge in [0.15, 0.2) is 0 Å². The van der Waals surface area contributed by atoms with Crippen molar-refractivity contribution in [2.45, 2.75) is 24.7 Å². The summed E-state index contributed by atoms with van der Waals surface area (Å²) < 4.78 is 0. The van der Waals surface area contributed by atoms with Crippen molar-refractivity contribution < 1.29 is 0 Å². The van der Waals surface area contributed by atoms with E-state index in [1.54, 1.807) is 0 Å². The molecule has 0 radical (unpaired) electrons. The molecule has 1 nitrogen and oxygen atoms in total. The van der Waals surface area contributed by atoms with Gasteiger partial charge in [0.2, 0.25) is 0 Å². The normalized spacial score (nSPS) is 10.5. The summed E-state index contributed by atoms with van der Waals surface area (Å²) in [6.07, 6.45) is 0. The van der Waals surface area contributed by atoms with E-state index in [0.717, 1.165) is 10.6 Å². The Hall–Kier alpha value is -0.630. The third-order valence-electron chi connectivity index (χ3n) is 1.74. The van der Waals surface area contributed by atoms with Gasteiger partial charge in [-0.2, -0.15) is 0 Å². The predicted molar refractivity (Wildman–Crippen MR) is 52.2 cm³/mol. The average Bonchev–Trinajstić information content (AvgIpc) is 1.94.